The lowest BCUT2D eigenvalue weighted by atomic mass is 10.1. The second-order valence-electron chi connectivity index (χ2n) is 8.17. The Bertz CT molecular complexity index is 1250. The van der Waals surface area contributed by atoms with E-state index in [0.29, 0.717) is 42.7 Å². The van der Waals surface area contributed by atoms with Gasteiger partial charge in [-0.3, -0.25) is 14.5 Å². The smallest absolute Gasteiger partial charge is 0.289 e. The number of thiazole rings is 1. The summed E-state index contributed by atoms with van der Waals surface area (Å²) >= 11 is 1.42. The molecule has 0 bridgehead atoms. The Kier molecular flexibility index (Phi) is 5.93. The van der Waals surface area contributed by atoms with Gasteiger partial charge in [0.05, 0.1) is 12.2 Å². The van der Waals surface area contributed by atoms with Crippen LogP contribution >= 0.6 is 11.3 Å². The summed E-state index contributed by atoms with van der Waals surface area (Å²) in [6.45, 7) is 4.69. The number of hydrogen-bond donors (Lipinski definition) is 1. The Hall–Kier alpha value is -3.49. The fraction of sp³-hybridized carbons (Fsp3) is 0.240. The Morgan fingerprint density at radius 3 is 2.58 bits per heavy atom. The molecule has 1 fully saturated rings. The Morgan fingerprint density at radius 2 is 1.82 bits per heavy atom. The number of furan rings is 1. The van der Waals surface area contributed by atoms with Crippen molar-refractivity contribution in [3.8, 4) is 11.3 Å². The molecule has 1 aliphatic heterocycles. The first kappa shape index (κ1) is 21.4. The molecule has 0 aliphatic carbocycles. The maximum atomic E-state index is 12.8. The van der Waals surface area contributed by atoms with E-state index in [9.17, 15) is 9.59 Å². The minimum Gasteiger partial charge on any atom is -0.451 e. The standard InChI is InChI=1S/C25H24N4O3S/c1-17-6-8-18(9-7-17)20-16-33-25(26-20)27-23(30)15-28-10-12-29(13-11-28)24(31)22-14-19-4-2-3-5-21(19)32-22/h2-9,14,16H,10-13,15H2,1H3,(H,26,27,30). The van der Waals surface area contributed by atoms with E-state index in [-0.39, 0.29) is 18.4 Å². The van der Waals surface area contributed by atoms with Crippen LogP contribution in [-0.2, 0) is 4.79 Å². The number of rotatable bonds is 5. The molecule has 0 atom stereocenters. The van der Waals surface area contributed by atoms with Gasteiger partial charge in [-0.05, 0) is 19.1 Å². The molecule has 0 unspecified atom stereocenters. The number of carbonyl (C=O) groups excluding carboxylic acids is 2. The van der Waals surface area contributed by atoms with E-state index in [1.165, 1.54) is 16.9 Å². The summed E-state index contributed by atoms with van der Waals surface area (Å²) in [5, 5.41) is 6.36. The van der Waals surface area contributed by atoms with E-state index in [0.717, 1.165) is 16.6 Å². The van der Waals surface area contributed by atoms with Crippen molar-refractivity contribution in [3.05, 3.63) is 71.3 Å². The molecule has 1 aliphatic rings. The molecule has 3 heterocycles. The topological polar surface area (TPSA) is 78.7 Å². The number of nitrogens with zero attached hydrogens (tertiary/aromatic N) is 3. The number of aryl methyl sites for hydroxylation is 1. The van der Waals surface area contributed by atoms with E-state index >= 15 is 0 Å². The molecule has 0 spiro atoms. The number of amides is 2. The zero-order valence-electron chi connectivity index (χ0n) is 18.3. The van der Waals surface area contributed by atoms with Gasteiger partial charge >= 0.3 is 0 Å². The van der Waals surface area contributed by atoms with Crippen molar-refractivity contribution in [2.45, 2.75) is 6.92 Å². The molecule has 0 saturated carbocycles. The molecule has 7 nitrogen and oxygen atoms in total. The van der Waals surface area contributed by atoms with Gasteiger partial charge in [0.1, 0.15) is 5.58 Å². The Balaban J connectivity index is 1.12. The maximum absolute atomic E-state index is 12.8. The van der Waals surface area contributed by atoms with E-state index < -0.39 is 0 Å². The van der Waals surface area contributed by atoms with Crippen molar-refractivity contribution in [3.63, 3.8) is 0 Å². The number of aromatic nitrogens is 1. The highest BCUT2D eigenvalue weighted by Gasteiger charge is 2.25. The molecule has 8 heteroatoms. The lowest BCUT2D eigenvalue weighted by Gasteiger charge is -2.33. The third-order valence-corrected chi connectivity index (χ3v) is 6.52. The lowest BCUT2D eigenvalue weighted by molar-refractivity contribution is -0.117. The van der Waals surface area contributed by atoms with Crippen LogP contribution in [0.4, 0.5) is 5.13 Å². The summed E-state index contributed by atoms with van der Waals surface area (Å²) in [7, 11) is 0. The second kappa shape index (κ2) is 9.17. The monoisotopic (exact) mass is 460 g/mol. The zero-order valence-corrected chi connectivity index (χ0v) is 19.1. The summed E-state index contributed by atoms with van der Waals surface area (Å²) in [4.78, 5) is 33.7. The van der Waals surface area contributed by atoms with Gasteiger partial charge < -0.3 is 14.6 Å². The molecule has 33 heavy (non-hydrogen) atoms. The van der Waals surface area contributed by atoms with Crippen molar-refractivity contribution in [1.29, 1.82) is 0 Å². The molecule has 5 rings (SSSR count). The van der Waals surface area contributed by atoms with Gasteiger partial charge in [-0.25, -0.2) is 4.98 Å². The van der Waals surface area contributed by atoms with Crippen LogP contribution in [0.25, 0.3) is 22.2 Å². The number of piperazine rings is 1. The molecule has 2 aromatic heterocycles. The average Bonchev–Trinajstić information content (AvgIpc) is 3.47. The van der Waals surface area contributed by atoms with E-state index in [2.05, 4.69) is 10.3 Å². The van der Waals surface area contributed by atoms with Crippen molar-refractivity contribution in [2.75, 3.05) is 38.0 Å². The van der Waals surface area contributed by atoms with Crippen LogP contribution in [0, 0.1) is 6.92 Å². The fourth-order valence-corrected chi connectivity index (χ4v) is 4.64. The quantitative estimate of drug-likeness (QED) is 0.481. The van der Waals surface area contributed by atoms with Crippen LogP contribution in [0.15, 0.2) is 64.4 Å². The van der Waals surface area contributed by atoms with Gasteiger partial charge in [0.15, 0.2) is 10.9 Å². The van der Waals surface area contributed by atoms with Crippen molar-refractivity contribution >= 4 is 39.3 Å². The average molecular weight is 461 g/mol. The summed E-state index contributed by atoms with van der Waals surface area (Å²) in [6.07, 6.45) is 0. The molecule has 168 valence electrons. The number of fused-ring (bicyclic) bond motifs is 1. The summed E-state index contributed by atoms with van der Waals surface area (Å²) in [5.74, 6) is 0.147. The van der Waals surface area contributed by atoms with Crippen LogP contribution in [0.2, 0.25) is 0 Å². The first-order chi connectivity index (χ1) is 16.0. The summed E-state index contributed by atoms with van der Waals surface area (Å²) in [6, 6.07) is 17.5. The third-order valence-electron chi connectivity index (χ3n) is 5.76. The van der Waals surface area contributed by atoms with E-state index in [1.54, 1.807) is 11.0 Å². The number of benzene rings is 2. The van der Waals surface area contributed by atoms with Gasteiger partial charge in [0.2, 0.25) is 5.91 Å². The molecule has 4 aromatic rings. The SMILES string of the molecule is Cc1ccc(-c2csc(NC(=O)CN3CCN(C(=O)c4cc5ccccc5o4)CC3)n2)cc1. The first-order valence-corrected chi connectivity index (χ1v) is 11.8. The highest BCUT2D eigenvalue weighted by Crippen LogP contribution is 2.25. The second-order valence-corrected chi connectivity index (χ2v) is 9.03. The van der Waals surface area contributed by atoms with Crippen molar-refractivity contribution < 1.29 is 14.0 Å². The first-order valence-electron chi connectivity index (χ1n) is 10.9. The highest BCUT2D eigenvalue weighted by molar-refractivity contribution is 7.14. The van der Waals surface area contributed by atoms with Crippen LogP contribution < -0.4 is 5.32 Å². The van der Waals surface area contributed by atoms with Crippen molar-refractivity contribution in [2.24, 2.45) is 0 Å². The molecular formula is C25H24N4O3S. The number of anilines is 1. The van der Waals surface area contributed by atoms with E-state index in [4.69, 9.17) is 4.42 Å². The van der Waals surface area contributed by atoms with Crippen molar-refractivity contribution in [1.82, 2.24) is 14.8 Å². The minimum absolute atomic E-state index is 0.100. The van der Waals surface area contributed by atoms with E-state index in [1.807, 2.05) is 65.7 Å². The number of hydrogen-bond acceptors (Lipinski definition) is 6. The van der Waals surface area contributed by atoms with Crippen LogP contribution in [-0.4, -0.2) is 59.3 Å². The van der Waals surface area contributed by atoms with Crippen LogP contribution in [0.5, 0.6) is 0 Å². The predicted molar refractivity (Wildman–Crippen MR) is 129 cm³/mol. The molecule has 0 radical (unpaired) electrons. The van der Waals surface area contributed by atoms with Crippen LogP contribution in [0.1, 0.15) is 16.1 Å². The summed E-state index contributed by atoms with van der Waals surface area (Å²) < 4.78 is 5.71. The van der Waals surface area contributed by atoms with Gasteiger partial charge in [0.25, 0.3) is 5.91 Å². The molecule has 2 aromatic carbocycles. The molecule has 2 amide bonds. The minimum atomic E-state index is -0.110. The Morgan fingerprint density at radius 1 is 1.06 bits per heavy atom. The molecular weight excluding hydrogens is 436 g/mol. The third kappa shape index (κ3) is 4.81. The predicted octanol–water partition coefficient (Wildman–Crippen LogP) is 4.26. The molecule has 1 saturated heterocycles. The number of nitrogens with one attached hydrogen (secondary N) is 1. The van der Waals surface area contributed by atoms with Crippen LogP contribution in [0.3, 0.4) is 0 Å². The normalized spacial score (nSPS) is 14.5. The Labute approximate surface area is 195 Å². The van der Waals surface area contributed by atoms with Gasteiger partial charge in [-0.15, -0.1) is 11.3 Å². The maximum Gasteiger partial charge on any atom is 0.289 e. The fourth-order valence-electron chi connectivity index (χ4n) is 3.90. The largest absolute Gasteiger partial charge is 0.451 e. The summed E-state index contributed by atoms with van der Waals surface area (Å²) in [5.41, 5.74) is 3.79. The molecule has 1 N–H and O–H groups in total. The van der Waals surface area contributed by atoms with Gasteiger partial charge in [0, 0.05) is 42.5 Å². The van der Waals surface area contributed by atoms with Gasteiger partial charge in [-0.2, -0.15) is 0 Å². The zero-order chi connectivity index (χ0) is 22.8. The highest BCUT2D eigenvalue weighted by atomic mass is 32.1. The number of carbonyl (C=O) groups is 2. The van der Waals surface area contributed by atoms with Gasteiger partial charge in [-0.1, -0.05) is 48.0 Å². The lowest BCUT2D eigenvalue weighted by Crippen LogP contribution is -2.50. The number of para-hydroxylation sites is 1.